The number of halogens is 4. The molecule has 0 saturated heterocycles. The Bertz CT molecular complexity index is 1290. The first-order valence-electron chi connectivity index (χ1n) is 10.7. The number of ether oxygens (including phenoxy) is 2. The molecule has 0 aliphatic heterocycles. The number of carbonyl (C=O) groups excluding carboxylic acids is 2. The van der Waals surface area contributed by atoms with E-state index in [0.717, 1.165) is 5.56 Å². The first kappa shape index (κ1) is 27.8. The molecule has 2 amide bonds. The molecule has 0 saturated carbocycles. The van der Waals surface area contributed by atoms with Gasteiger partial charge in [-0.05, 0) is 64.8 Å². The van der Waals surface area contributed by atoms with E-state index in [1.165, 1.54) is 12.3 Å². The minimum Gasteiger partial charge on any atom is -0.490 e. The largest absolute Gasteiger partial charge is 0.490 e. The van der Waals surface area contributed by atoms with E-state index in [1.807, 2.05) is 25.1 Å². The number of nitrogens with zero attached hydrogens (tertiary/aromatic N) is 1. The van der Waals surface area contributed by atoms with E-state index in [4.69, 9.17) is 44.3 Å². The molecule has 3 aromatic rings. The summed E-state index contributed by atoms with van der Waals surface area (Å²) in [6.45, 7) is 2.53. The van der Waals surface area contributed by atoms with Crippen molar-refractivity contribution >= 4 is 74.4 Å². The molecule has 188 valence electrons. The van der Waals surface area contributed by atoms with E-state index in [9.17, 15) is 9.59 Å². The third kappa shape index (κ3) is 8.13. The lowest BCUT2D eigenvalue weighted by molar-refractivity contribution is -0.126. The highest BCUT2D eigenvalue weighted by atomic mass is 79.9. The molecule has 3 rings (SSSR count). The van der Waals surface area contributed by atoms with Gasteiger partial charge in [0.2, 0.25) is 11.8 Å². The first-order chi connectivity index (χ1) is 17.3. The van der Waals surface area contributed by atoms with Gasteiger partial charge in [-0.2, -0.15) is 5.10 Å². The third-order valence-corrected chi connectivity index (χ3v) is 6.29. The maximum Gasteiger partial charge on any atom is 0.249 e. The van der Waals surface area contributed by atoms with E-state index >= 15 is 0 Å². The van der Waals surface area contributed by atoms with Gasteiger partial charge in [0.15, 0.2) is 11.5 Å². The molecule has 0 fully saturated rings. The van der Waals surface area contributed by atoms with Crippen molar-refractivity contribution in [2.75, 3.05) is 11.9 Å². The van der Waals surface area contributed by atoms with E-state index < -0.39 is 18.2 Å². The normalized spacial score (nSPS) is 10.8. The minimum atomic E-state index is -0.590. The van der Waals surface area contributed by atoms with Crippen LogP contribution in [0, 0.1) is 0 Å². The van der Waals surface area contributed by atoms with Gasteiger partial charge in [-0.1, -0.05) is 53.0 Å². The summed E-state index contributed by atoms with van der Waals surface area (Å²) in [5.41, 5.74) is 4.23. The maximum absolute atomic E-state index is 12.1. The predicted octanol–water partition coefficient (Wildman–Crippen LogP) is 6.87. The van der Waals surface area contributed by atoms with Crippen molar-refractivity contribution in [3.8, 4) is 11.5 Å². The van der Waals surface area contributed by atoms with Crippen LogP contribution in [-0.2, 0) is 16.2 Å². The minimum absolute atomic E-state index is 0.256. The zero-order valence-corrected chi connectivity index (χ0v) is 22.8. The van der Waals surface area contributed by atoms with Gasteiger partial charge in [-0.15, -0.1) is 0 Å². The predicted molar refractivity (Wildman–Crippen MR) is 147 cm³/mol. The highest BCUT2D eigenvalue weighted by Crippen LogP contribution is 2.37. The summed E-state index contributed by atoms with van der Waals surface area (Å²) in [6, 6.07) is 15.5. The fraction of sp³-hybridized carbons (Fsp3) is 0.160. The van der Waals surface area contributed by atoms with Crippen LogP contribution in [0.15, 0.2) is 64.2 Å². The molecule has 0 spiro atoms. The second-order valence-electron chi connectivity index (χ2n) is 7.29. The summed E-state index contributed by atoms with van der Waals surface area (Å²) >= 11 is 21.5. The van der Waals surface area contributed by atoms with Crippen LogP contribution < -0.4 is 20.2 Å². The highest BCUT2D eigenvalue weighted by molar-refractivity contribution is 9.10. The van der Waals surface area contributed by atoms with Crippen molar-refractivity contribution in [1.82, 2.24) is 5.43 Å². The number of hydrazone groups is 1. The number of benzene rings is 3. The van der Waals surface area contributed by atoms with Gasteiger partial charge in [0.05, 0.1) is 27.3 Å². The fourth-order valence-electron chi connectivity index (χ4n) is 2.97. The summed E-state index contributed by atoms with van der Waals surface area (Å²) in [4.78, 5) is 24.2. The lowest BCUT2D eigenvalue weighted by atomic mass is 10.2. The molecule has 0 aliphatic rings. The number of anilines is 1. The summed E-state index contributed by atoms with van der Waals surface area (Å²) in [6.07, 6.45) is 1.00. The quantitative estimate of drug-likeness (QED) is 0.149. The van der Waals surface area contributed by atoms with Crippen LogP contribution in [0.25, 0.3) is 0 Å². The second kappa shape index (κ2) is 13.5. The SMILES string of the molecule is CCOc1cc(C=NNC(=O)CC(=O)Nc2ccc(Cl)c(Cl)c2)cc(Br)c1OCc1ccccc1Cl. The molecule has 0 aliphatic carbocycles. The van der Waals surface area contributed by atoms with E-state index in [1.54, 1.807) is 30.3 Å². The van der Waals surface area contributed by atoms with E-state index in [-0.39, 0.29) is 6.61 Å². The fourth-order valence-corrected chi connectivity index (χ4v) is 4.04. The molecule has 2 N–H and O–H groups in total. The van der Waals surface area contributed by atoms with Crippen LogP contribution in [0.4, 0.5) is 5.69 Å². The number of carbonyl (C=O) groups is 2. The van der Waals surface area contributed by atoms with Gasteiger partial charge in [-0.3, -0.25) is 9.59 Å². The van der Waals surface area contributed by atoms with Crippen LogP contribution in [0.2, 0.25) is 15.1 Å². The van der Waals surface area contributed by atoms with Gasteiger partial charge in [-0.25, -0.2) is 5.43 Å². The summed E-state index contributed by atoms with van der Waals surface area (Å²) < 4.78 is 12.3. The lowest BCUT2D eigenvalue weighted by Crippen LogP contribution is -2.24. The van der Waals surface area contributed by atoms with E-state index in [0.29, 0.717) is 48.9 Å². The Kier molecular flexibility index (Phi) is 10.4. The van der Waals surface area contributed by atoms with Gasteiger partial charge in [0.25, 0.3) is 0 Å². The van der Waals surface area contributed by atoms with Gasteiger partial charge in [0, 0.05) is 16.3 Å². The molecule has 0 bridgehead atoms. The Labute approximate surface area is 231 Å². The molecule has 0 aromatic heterocycles. The van der Waals surface area contributed by atoms with Gasteiger partial charge < -0.3 is 14.8 Å². The smallest absolute Gasteiger partial charge is 0.249 e. The van der Waals surface area contributed by atoms with Crippen LogP contribution in [-0.4, -0.2) is 24.6 Å². The van der Waals surface area contributed by atoms with Crippen LogP contribution in [0.1, 0.15) is 24.5 Å². The molecule has 0 atom stereocenters. The monoisotopic (exact) mass is 611 g/mol. The van der Waals surface area contributed by atoms with Crippen LogP contribution in [0.3, 0.4) is 0 Å². The zero-order valence-electron chi connectivity index (χ0n) is 19.0. The Balaban J connectivity index is 1.60. The number of hydrogen-bond acceptors (Lipinski definition) is 5. The van der Waals surface area contributed by atoms with Crippen molar-refractivity contribution in [3.63, 3.8) is 0 Å². The van der Waals surface area contributed by atoms with Crippen LogP contribution in [0.5, 0.6) is 11.5 Å². The molecule has 0 unspecified atom stereocenters. The number of nitrogens with one attached hydrogen (secondary N) is 2. The van der Waals surface area contributed by atoms with Crippen molar-refractivity contribution in [1.29, 1.82) is 0 Å². The first-order valence-corrected chi connectivity index (χ1v) is 12.6. The van der Waals surface area contributed by atoms with Crippen molar-refractivity contribution in [2.24, 2.45) is 5.10 Å². The van der Waals surface area contributed by atoms with Gasteiger partial charge in [0.1, 0.15) is 13.0 Å². The molecule has 36 heavy (non-hydrogen) atoms. The Morgan fingerprint density at radius 2 is 1.75 bits per heavy atom. The summed E-state index contributed by atoms with van der Waals surface area (Å²) in [5, 5.41) is 7.76. The zero-order chi connectivity index (χ0) is 26.1. The topological polar surface area (TPSA) is 89.0 Å². The van der Waals surface area contributed by atoms with E-state index in [2.05, 4.69) is 31.8 Å². The van der Waals surface area contributed by atoms with Crippen LogP contribution >= 0.6 is 50.7 Å². The Morgan fingerprint density at radius 1 is 0.972 bits per heavy atom. The highest BCUT2D eigenvalue weighted by Gasteiger charge is 2.14. The Hall–Kier alpha value is -2.78. The average Bonchev–Trinajstić information content (AvgIpc) is 2.82. The summed E-state index contributed by atoms with van der Waals surface area (Å²) in [7, 11) is 0. The molecule has 3 aromatic carbocycles. The van der Waals surface area contributed by atoms with Gasteiger partial charge >= 0.3 is 0 Å². The molecular weight excluding hydrogens is 593 g/mol. The molecule has 11 heteroatoms. The molecule has 0 radical (unpaired) electrons. The lowest BCUT2D eigenvalue weighted by Gasteiger charge is -2.15. The molecule has 0 heterocycles. The molecule has 7 nitrogen and oxygen atoms in total. The summed E-state index contributed by atoms with van der Waals surface area (Å²) in [5.74, 6) is -0.111. The number of hydrogen-bond donors (Lipinski definition) is 2. The third-order valence-electron chi connectivity index (χ3n) is 4.59. The number of amides is 2. The second-order valence-corrected chi connectivity index (χ2v) is 9.37. The average molecular weight is 614 g/mol. The standard InChI is InChI=1S/C25H21BrCl3N3O4/c1-2-35-22-10-15(9-18(26)25(22)36-14-16-5-3-4-6-19(16)27)13-30-32-24(34)12-23(33)31-17-7-8-20(28)21(29)11-17/h3-11,13H,2,12,14H2,1H3,(H,31,33)(H,32,34). The van der Waals surface area contributed by atoms with Crippen molar-refractivity contribution < 1.29 is 19.1 Å². The van der Waals surface area contributed by atoms with Crippen molar-refractivity contribution in [3.05, 3.63) is 85.3 Å². The van der Waals surface area contributed by atoms with Crippen molar-refractivity contribution in [2.45, 2.75) is 20.0 Å². The molecular formula is C25H21BrCl3N3O4. The maximum atomic E-state index is 12.1. The Morgan fingerprint density at radius 3 is 2.47 bits per heavy atom. The number of rotatable bonds is 10.